The minimum Gasteiger partial charge on any atom is -0.462 e. The van der Waals surface area contributed by atoms with Crippen LogP contribution < -0.4 is 0 Å². The summed E-state index contributed by atoms with van der Waals surface area (Å²) in [4.78, 5) is 35.7. The van der Waals surface area contributed by atoms with E-state index in [1.807, 2.05) is 6.08 Å². The summed E-state index contributed by atoms with van der Waals surface area (Å²) in [6, 6.07) is 0. The molecule has 0 heterocycles. The lowest BCUT2D eigenvalue weighted by molar-refractivity contribution is -0.220. The van der Waals surface area contributed by atoms with E-state index in [9.17, 15) is 44.6 Å². The zero-order valence-electron chi connectivity index (χ0n) is 38.6. The van der Waals surface area contributed by atoms with Crippen LogP contribution >= 0.6 is 7.82 Å². The summed E-state index contributed by atoms with van der Waals surface area (Å²) in [5.41, 5.74) is 0. The molecule has 1 rings (SSSR count). The molecule has 1 aliphatic carbocycles. The van der Waals surface area contributed by atoms with Gasteiger partial charge >= 0.3 is 19.8 Å². The number of esters is 2. The highest BCUT2D eigenvalue weighted by molar-refractivity contribution is 7.47. The van der Waals surface area contributed by atoms with Gasteiger partial charge in [-0.2, -0.15) is 0 Å². The number of ether oxygens (including phenoxy) is 2. The Morgan fingerprint density at radius 1 is 0.508 bits per heavy atom. The number of hydrogen-bond acceptors (Lipinski definition) is 12. The Hall–Kier alpha value is -2.45. The van der Waals surface area contributed by atoms with Gasteiger partial charge < -0.3 is 39.9 Å². The van der Waals surface area contributed by atoms with Crippen molar-refractivity contribution in [2.24, 2.45) is 0 Å². The van der Waals surface area contributed by atoms with Crippen molar-refractivity contribution in [2.45, 2.75) is 224 Å². The average Bonchev–Trinajstić information content (AvgIpc) is 3.26. The molecule has 0 bridgehead atoms. The van der Waals surface area contributed by atoms with Crippen LogP contribution in [0.2, 0.25) is 0 Å². The number of aliphatic hydroxyl groups is 5. The van der Waals surface area contributed by atoms with Crippen molar-refractivity contribution in [1.29, 1.82) is 0 Å². The van der Waals surface area contributed by atoms with E-state index in [-0.39, 0.29) is 12.8 Å². The van der Waals surface area contributed by atoms with Gasteiger partial charge in [-0.3, -0.25) is 18.6 Å². The summed E-state index contributed by atoms with van der Waals surface area (Å²) < 4.78 is 33.5. The van der Waals surface area contributed by atoms with Crippen LogP contribution in [0.4, 0.5) is 0 Å². The van der Waals surface area contributed by atoms with Crippen molar-refractivity contribution in [3.63, 3.8) is 0 Å². The van der Waals surface area contributed by atoms with Crippen LogP contribution in [0.3, 0.4) is 0 Å². The van der Waals surface area contributed by atoms with Gasteiger partial charge in [0.1, 0.15) is 43.2 Å². The number of carbonyl (C=O) groups excluding carboxylic acids is 2. The van der Waals surface area contributed by atoms with Crippen molar-refractivity contribution in [3.8, 4) is 0 Å². The van der Waals surface area contributed by atoms with Crippen molar-refractivity contribution >= 4 is 19.8 Å². The van der Waals surface area contributed by atoms with Gasteiger partial charge in [0.15, 0.2) is 6.10 Å². The smallest absolute Gasteiger partial charge is 0.462 e. The van der Waals surface area contributed by atoms with Gasteiger partial charge in [-0.25, -0.2) is 4.57 Å². The van der Waals surface area contributed by atoms with Gasteiger partial charge in [0.05, 0.1) is 6.61 Å². The molecule has 13 nitrogen and oxygen atoms in total. The maximum Gasteiger partial charge on any atom is 0.472 e. The molecule has 1 saturated carbocycles. The number of allylic oxidation sites excluding steroid dienone is 10. The molecule has 8 atom stereocenters. The molecule has 0 saturated heterocycles. The van der Waals surface area contributed by atoms with Gasteiger partial charge in [-0.1, -0.05) is 152 Å². The van der Waals surface area contributed by atoms with Crippen LogP contribution in [0, 0.1) is 0 Å². The summed E-state index contributed by atoms with van der Waals surface area (Å²) in [6.45, 7) is 3.15. The number of aliphatic hydroxyl groups excluding tert-OH is 5. The Bertz CT molecular complexity index is 1330. The first kappa shape index (κ1) is 58.6. The summed E-state index contributed by atoms with van der Waals surface area (Å²) >= 11 is 0. The van der Waals surface area contributed by atoms with Crippen molar-refractivity contribution in [1.82, 2.24) is 0 Å². The maximum absolute atomic E-state index is 12.8. The van der Waals surface area contributed by atoms with Gasteiger partial charge in [-0.15, -0.1) is 0 Å². The van der Waals surface area contributed by atoms with Crippen LogP contribution in [0.1, 0.15) is 181 Å². The van der Waals surface area contributed by atoms with Gasteiger partial charge in [-0.05, 0) is 77.0 Å². The second-order valence-corrected chi connectivity index (χ2v) is 18.0. The standard InChI is InChI=1S/C49H85O13P/c1-3-5-7-9-11-13-15-17-19-20-21-22-24-25-27-29-31-33-35-37-42(50)59-39-41(40-60-63(57,58)62-49-47(55)45(53)44(52)46(54)48(49)56)61-43(51)38-36-34-32-30-28-26-23-18-16-14-12-10-8-6-4-2/h6,8,12,14,17-19,23,28,30,41,44-49,52-56H,3-5,7,9-11,13,15-16,20-22,24-27,29,31-40H2,1-2H3,(H,57,58)/b8-6+,14-12+,19-17+,23-18+,30-28+/t41-,44?,45-,46?,47?,48?,49?/m0/s1. The Labute approximate surface area is 379 Å². The molecule has 0 amide bonds. The molecule has 1 aliphatic rings. The molecule has 6 N–H and O–H groups in total. The van der Waals surface area contributed by atoms with Crippen LogP contribution in [-0.4, -0.2) is 98.3 Å². The van der Waals surface area contributed by atoms with E-state index in [2.05, 4.69) is 68.5 Å². The zero-order chi connectivity index (χ0) is 46.4. The fraction of sp³-hybridized carbons (Fsp3) is 0.755. The number of phosphoric ester groups is 1. The zero-order valence-corrected chi connectivity index (χ0v) is 39.5. The molecule has 0 aromatic rings. The van der Waals surface area contributed by atoms with Gasteiger partial charge in [0.2, 0.25) is 0 Å². The van der Waals surface area contributed by atoms with E-state index in [1.165, 1.54) is 70.6 Å². The van der Waals surface area contributed by atoms with Crippen LogP contribution in [-0.2, 0) is 32.7 Å². The molecule has 14 heteroatoms. The largest absolute Gasteiger partial charge is 0.472 e. The predicted octanol–water partition coefficient (Wildman–Crippen LogP) is 9.73. The predicted molar refractivity (Wildman–Crippen MR) is 249 cm³/mol. The first-order valence-corrected chi connectivity index (χ1v) is 25.6. The topological polar surface area (TPSA) is 210 Å². The summed E-state index contributed by atoms with van der Waals surface area (Å²) in [7, 11) is -5.13. The lowest BCUT2D eigenvalue weighted by Gasteiger charge is -2.41. The molecular weight excluding hydrogens is 828 g/mol. The Kier molecular flexibility index (Phi) is 36.1. The maximum atomic E-state index is 12.8. The van der Waals surface area contributed by atoms with Crippen LogP contribution in [0.25, 0.3) is 0 Å². The monoisotopic (exact) mass is 913 g/mol. The molecular formula is C49H85O13P. The van der Waals surface area contributed by atoms with Crippen LogP contribution in [0.15, 0.2) is 60.8 Å². The minimum atomic E-state index is -5.13. The second-order valence-electron chi connectivity index (χ2n) is 16.6. The number of rotatable bonds is 39. The van der Waals surface area contributed by atoms with E-state index in [0.717, 1.165) is 70.6 Å². The molecule has 1 fully saturated rings. The van der Waals surface area contributed by atoms with Gasteiger partial charge in [0.25, 0.3) is 0 Å². The SMILES string of the molecule is CC/C=C/C/C=C/C/C=C/C/C=C/CCCCC(=O)O[C@@H](COC(=O)CCCCCCCCCCC/C=C/CCCCCCCC)COP(=O)(O)OC1C(O)C(O)C(O)[C@H](O)C1O. The van der Waals surface area contributed by atoms with E-state index in [0.29, 0.717) is 12.8 Å². The molecule has 0 aliphatic heterocycles. The molecule has 6 unspecified atom stereocenters. The van der Waals surface area contributed by atoms with Crippen LogP contribution in [0.5, 0.6) is 0 Å². The lowest BCUT2D eigenvalue weighted by Crippen LogP contribution is -2.64. The van der Waals surface area contributed by atoms with E-state index < -0.39 is 75.7 Å². The fourth-order valence-corrected chi connectivity index (χ4v) is 7.95. The summed E-state index contributed by atoms with van der Waals surface area (Å²) in [5.74, 6) is -1.15. The quantitative estimate of drug-likeness (QED) is 0.0147. The summed E-state index contributed by atoms with van der Waals surface area (Å²) in [5, 5.41) is 50.2. The molecule has 364 valence electrons. The Morgan fingerprint density at radius 2 is 0.905 bits per heavy atom. The third kappa shape index (κ3) is 31.2. The number of hydrogen-bond donors (Lipinski definition) is 6. The first-order valence-electron chi connectivity index (χ1n) is 24.1. The molecule has 63 heavy (non-hydrogen) atoms. The number of phosphoric acid groups is 1. The fourth-order valence-electron chi connectivity index (χ4n) is 6.98. The molecule has 0 radical (unpaired) electrons. The summed E-state index contributed by atoms with van der Waals surface area (Å²) in [6.07, 6.45) is 34.2. The molecule has 0 spiro atoms. The third-order valence-corrected chi connectivity index (χ3v) is 11.8. The Balaban J connectivity index is 2.45. The van der Waals surface area contributed by atoms with E-state index >= 15 is 0 Å². The minimum absolute atomic E-state index is 0.0422. The highest BCUT2D eigenvalue weighted by atomic mass is 31.2. The third-order valence-electron chi connectivity index (χ3n) is 10.8. The highest BCUT2D eigenvalue weighted by Crippen LogP contribution is 2.47. The number of carbonyl (C=O) groups is 2. The lowest BCUT2D eigenvalue weighted by atomic mass is 9.85. The molecule has 0 aromatic heterocycles. The molecule has 0 aromatic carbocycles. The Morgan fingerprint density at radius 3 is 1.43 bits per heavy atom. The average molecular weight is 913 g/mol. The van der Waals surface area contributed by atoms with E-state index in [1.54, 1.807) is 0 Å². The van der Waals surface area contributed by atoms with Crippen molar-refractivity contribution in [3.05, 3.63) is 60.8 Å². The van der Waals surface area contributed by atoms with E-state index in [4.69, 9.17) is 18.5 Å². The normalized spacial score (nSPS) is 22.2. The number of unbranched alkanes of at least 4 members (excludes halogenated alkanes) is 17. The second kappa shape index (κ2) is 38.8. The van der Waals surface area contributed by atoms with Gasteiger partial charge in [0, 0.05) is 12.8 Å². The van der Waals surface area contributed by atoms with Crippen molar-refractivity contribution < 1.29 is 63.1 Å². The highest BCUT2D eigenvalue weighted by Gasteiger charge is 2.51. The van der Waals surface area contributed by atoms with Crippen molar-refractivity contribution in [2.75, 3.05) is 13.2 Å². The first-order chi connectivity index (χ1) is 30.4.